The van der Waals surface area contributed by atoms with E-state index in [1.807, 2.05) is 37.3 Å². The Hall–Kier alpha value is -2.35. The lowest BCUT2D eigenvalue weighted by Gasteiger charge is -2.05. The fourth-order valence-corrected chi connectivity index (χ4v) is 1.55. The molecule has 0 N–H and O–H groups in total. The third-order valence-corrected chi connectivity index (χ3v) is 2.57. The summed E-state index contributed by atoms with van der Waals surface area (Å²) in [6.07, 6.45) is 0. The summed E-state index contributed by atoms with van der Waals surface area (Å²) in [5.41, 5.74) is 2.52. The molecule has 0 aromatic heterocycles. The van der Waals surface area contributed by atoms with Gasteiger partial charge in [0, 0.05) is 0 Å². The van der Waals surface area contributed by atoms with E-state index in [9.17, 15) is 4.79 Å². The van der Waals surface area contributed by atoms with Crippen molar-refractivity contribution in [3.05, 3.63) is 72.3 Å². The molecule has 0 amide bonds. The van der Waals surface area contributed by atoms with E-state index in [0.717, 1.165) is 11.1 Å². The van der Waals surface area contributed by atoms with Crippen molar-refractivity contribution in [1.82, 2.24) is 0 Å². The van der Waals surface area contributed by atoms with Gasteiger partial charge in [-0.25, -0.2) is 4.79 Å². The molecule has 2 heteroatoms. The van der Waals surface area contributed by atoms with Crippen molar-refractivity contribution in [2.75, 3.05) is 0 Å². The van der Waals surface area contributed by atoms with Gasteiger partial charge in [0.15, 0.2) is 0 Å². The lowest BCUT2D eigenvalue weighted by atomic mass is 10.1. The summed E-state index contributed by atoms with van der Waals surface area (Å²) in [5.74, 6) is 0.195. The molecule has 0 saturated carbocycles. The van der Waals surface area contributed by atoms with Crippen LogP contribution in [-0.2, 0) is 0 Å². The Morgan fingerprint density at radius 3 is 2.06 bits per heavy atom. The molecule has 2 rings (SSSR count). The first-order valence-electron chi connectivity index (χ1n) is 5.70. The zero-order chi connectivity index (χ0) is 13.0. The van der Waals surface area contributed by atoms with Gasteiger partial charge in [0.2, 0.25) is 0 Å². The summed E-state index contributed by atoms with van der Waals surface area (Å²) in [6, 6.07) is 16.2. The molecule has 0 bridgehead atoms. The standard InChI is InChI=1S/C16H14O2/c1-12(2)13-8-10-14(11-9-13)16(17)18-15-6-4-3-5-7-15/h3-11H,1H2,2H3. The first kappa shape index (κ1) is 12.1. The van der Waals surface area contributed by atoms with Crippen LogP contribution in [0.2, 0.25) is 0 Å². The molecule has 0 spiro atoms. The predicted molar refractivity (Wildman–Crippen MR) is 72.6 cm³/mol. The van der Waals surface area contributed by atoms with Crippen LogP contribution in [0.1, 0.15) is 22.8 Å². The van der Waals surface area contributed by atoms with Gasteiger partial charge in [0.05, 0.1) is 5.56 Å². The van der Waals surface area contributed by atoms with Crippen molar-refractivity contribution >= 4 is 11.5 Å². The average Bonchev–Trinajstić information content (AvgIpc) is 2.40. The molecule has 2 aromatic rings. The third-order valence-electron chi connectivity index (χ3n) is 2.57. The van der Waals surface area contributed by atoms with Crippen LogP contribution in [0.25, 0.3) is 5.57 Å². The fourth-order valence-electron chi connectivity index (χ4n) is 1.55. The van der Waals surface area contributed by atoms with Gasteiger partial charge in [-0.2, -0.15) is 0 Å². The lowest BCUT2D eigenvalue weighted by molar-refractivity contribution is 0.0735. The van der Waals surface area contributed by atoms with Crippen molar-refractivity contribution in [2.24, 2.45) is 0 Å². The summed E-state index contributed by atoms with van der Waals surface area (Å²) in [4.78, 5) is 11.9. The summed E-state index contributed by atoms with van der Waals surface area (Å²) in [5, 5.41) is 0. The van der Waals surface area contributed by atoms with Crippen molar-refractivity contribution in [1.29, 1.82) is 0 Å². The molecule has 18 heavy (non-hydrogen) atoms. The van der Waals surface area contributed by atoms with Crippen LogP contribution in [0.4, 0.5) is 0 Å². The van der Waals surface area contributed by atoms with Gasteiger partial charge < -0.3 is 4.74 Å². The van der Waals surface area contributed by atoms with Crippen molar-refractivity contribution in [3.8, 4) is 5.75 Å². The van der Waals surface area contributed by atoms with E-state index in [1.54, 1.807) is 24.3 Å². The molecule has 0 fully saturated rings. The highest BCUT2D eigenvalue weighted by Crippen LogP contribution is 2.15. The molecule has 0 aliphatic rings. The predicted octanol–water partition coefficient (Wildman–Crippen LogP) is 3.94. The van der Waals surface area contributed by atoms with Crippen LogP contribution in [0, 0.1) is 0 Å². The van der Waals surface area contributed by atoms with Crippen LogP contribution in [0.5, 0.6) is 5.75 Å². The molecule has 0 heterocycles. The SMILES string of the molecule is C=C(C)c1ccc(C(=O)Oc2ccccc2)cc1. The van der Waals surface area contributed by atoms with E-state index in [-0.39, 0.29) is 5.97 Å². The summed E-state index contributed by atoms with van der Waals surface area (Å²) in [6.45, 7) is 5.78. The minimum absolute atomic E-state index is 0.352. The summed E-state index contributed by atoms with van der Waals surface area (Å²) >= 11 is 0. The second kappa shape index (κ2) is 5.32. The van der Waals surface area contributed by atoms with Gasteiger partial charge in [-0.1, -0.05) is 42.5 Å². The fraction of sp³-hybridized carbons (Fsp3) is 0.0625. The number of rotatable bonds is 3. The van der Waals surface area contributed by atoms with Gasteiger partial charge in [0.25, 0.3) is 0 Å². The minimum Gasteiger partial charge on any atom is -0.423 e. The van der Waals surface area contributed by atoms with Crippen molar-refractivity contribution in [3.63, 3.8) is 0 Å². The molecule has 0 aliphatic heterocycles. The third kappa shape index (κ3) is 2.86. The summed E-state index contributed by atoms with van der Waals surface area (Å²) < 4.78 is 5.24. The highest BCUT2D eigenvalue weighted by atomic mass is 16.5. The van der Waals surface area contributed by atoms with Gasteiger partial charge in [0.1, 0.15) is 5.75 Å². The normalized spacial score (nSPS) is 9.83. The Morgan fingerprint density at radius 2 is 1.50 bits per heavy atom. The van der Waals surface area contributed by atoms with Crippen LogP contribution in [-0.4, -0.2) is 5.97 Å². The number of hydrogen-bond acceptors (Lipinski definition) is 2. The molecule has 0 atom stereocenters. The molecular weight excluding hydrogens is 224 g/mol. The number of allylic oxidation sites excluding steroid dienone is 1. The summed E-state index contributed by atoms with van der Waals surface area (Å²) in [7, 11) is 0. The largest absolute Gasteiger partial charge is 0.423 e. The lowest BCUT2D eigenvalue weighted by Crippen LogP contribution is -2.08. The second-order valence-corrected chi connectivity index (χ2v) is 4.06. The van der Waals surface area contributed by atoms with Gasteiger partial charge in [-0.3, -0.25) is 0 Å². The number of carbonyl (C=O) groups is 1. The Labute approximate surface area is 107 Å². The number of benzene rings is 2. The maximum absolute atomic E-state index is 11.9. The molecule has 0 aliphatic carbocycles. The molecule has 0 saturated heterocycles. The van der Waals surface area contributed by atoms with Gasteiger partial charge in [-0.15, -0.1) is 0 Å². The quantitative estimate of drug-likeness (QED) is 0.598. The van der Waals surface area contributed by atoms with E-state index in [2.05, 4.69) is 6.58 Å². The van der Waals surface area contributed by atoms with E-state index in [4.69, 9.17) is 4.74 Å². The molecule has 90 valence electrons. The average molecular weight is 238 g/mol. The van der Waals surface area contributed by atoms with Gasteiger partial charge in [-0.05, 0) is 36.8 Å². The molecule has 2 aromatic carbocycles. The molecule has 2 nitrogen and oxygen atoms in total. The van der Waals surface area contributed by atoms with E-state index in [0.29, 0.717) is 11.3 Å². The Kier molecular flexibility index (Phi) is 3.58. The van der Waals surface area contributed by atoms with Crippen LogP contribution < -0.4 is 4.74 Å². The monoisotopic (exact) mass is 238 g/mol. The van der Waals surface area contributed by atoms with E-state index >= 15 is 0 Å². The van der Waals surface area contributed by atoms with Gasteiger partial charge >= 0.3 is 5.97 Å². The Bertz CT molecular complexity index is 553. The highest BCUT2D eigenvalue weighted by molar-refractivity contribution is 5.91. The topological polar surface area (TPSA) is 26.3 Å². The number of hydrogen-bond donors (Lipinski definition) is 0. The first-order chi connectivity index (χ1) is 8.66. The van der Waals surface area contributed by atoms with Crippen molar-refractivity contribution in [2.45, 2.75) is 6.92 Å². The highest BCUT2D eigenvalue weighted by Gasteiger charge is 2.08. The number of carbonyl (C=O) groups excluding carboxylic acids is 1. The molecule has 0 radical (unpaired) electrons. The minimum atomic E-state index is -0.352. The number of esters is 1. The van der Waals surface area contributed by atoms with E-state index in [1.165, 1.54) is 0 Å². The smallest absolute Gasteiger partial charge is 0.343 e. The number of para-hydroxylation sites is 1. The Morgan fingerprint density at radius 1 is 0.944 bits per heavy atom. The maximum atomic E-state index is 11.9. The number of ether oxygens (including phenoxy) is 1. The Balaban J connectivity index is 2.12. The zero-order valence-electron chi connectivity index (χ0n) is 10.2. The van der Waals surface area contributed by atoms with E-state index < -0.39 is 0 Å². The molecule has 0 unspecified atom stereocenters. The van der Waals surface area contributed by atoms with Crippen LogP contribution in [0.3, 0.4) is 0 Å². The maximum Gasteiger partial charge on any atom is 0.343 e. The van der Waals surface area contributed by atoms with Crippen LogP contribution >= 0.6 is 0 Å². The van der Waals surface area contributed by atoms with Crippen molar-refractivity contribution < 1.29 is 9.53 Å². The second-order valence-electron chi connectivity index (χ2n) is 4.06. The van der Waals surface area contributed by atoms with Crippen LogP contribution in [0.15, 0.2) is 61.2 Å². The zero-order valence-corrected chi connectivity index (χ0v) is 10.2. The first-order valence-corrected chi connectivity index (χ1v) is 5.70. The molecular formula is C16H14O2.